The summed E-state index contributed by atoms with van der Waals surface area (Å²) in [7, 11) is -2.69. The second-order valence-corrected chi connectivity index (χ2v) is 6.14. The van der Waals surface area contributed by atoms with Crippen molar-refractivity contribution in [2.75, 3.05) is 20.3 Å². The number of hydrogen-bond acceptors (Lipinski definition) is 6. The van der Waals surface area contributed by atoms with Gasteiger partial charge >= 0.3 is 11.9 Å². The van der Waals surface area contributed by atoms with Gasteiger partial charge in [0.1, 0.15) is 6.04 Å². The van der Waals surface area contributed by atoms with Crippen molar-refractivity contribution in [3.63, 3.8) is 0 Å². The molecule has 0 radical (unpaired) electrons. The van der Waals surface area contributed by atoms with Gasteiger partial charge in [0.2, 0.25) is 10.0 Å². The Morgan fingerprint density at radius 2 is 2.00 bits per heavy atom. The van der Waals surface area contributed by atoms with Crippen LogP contribution >= 0.6 is 0 Å². The minimum atomic E-state index is -3.80. The SMILES string of the molecule is COC(=O)C[C@H](NS(=O)(=O)C1CCOCC1)C(=O)O. The van der Waals surface area contributed by atoms with E-state index in [1.54, 1.807) is 0 Å². The minimum absolute atomic E-state index is 0.305. The number of sulfonamides is 1. The molecule has 1 atom stereocenters. The monoisotopic (exact) mass is 295 g/mol. The van der Waals surface area contributed by atoms with Crippen LogP contribution < -0.4 is 4.72 Å². The van der Waals surface area contributed by atoms with Crippen molar-refractivity contribution in [1.29, 1.82) is 0 Å². The highest BCUT2D eigenvalue weighted by Crippen LogP contribution is 2.15. The Morgan fingerprint density at radius 1 is 1.42 bits per heavy atom. The maximum atomic E-state index is 12.0. The summed E-state index contributed by atoms with van der Waals surface area (Å²) >= 11 is 0. The zero-order valence-electron chi connectivity index (χ0n) is 10.5. The lowest BCUT2D eigenvalue weighted by Gasteiger charge is -2.24. The highest BCUT2D eigenvalue weighted by molar-refractivity contribution is 7.90. The molecule has 9 heteroatoms. The summed E-state index contributed by atoms with van der Waals surface area (Å²) in [6.07, 6.45) is 0.0636. The highest BCUT2D eigenvalue weighted by atomic mass is 32.2. The van der Waals surface area contributed by atoms with Crippen LogP contribution in [-0.2, 0) is 29.1 Å². The number of carboxylic acids is 1. The molecular formula is C10H17NO7S. The van der Waals surface area contributed by atoms with Crippen LogP contribution in [0.15, 0.2) is 0 Å². The van der Waals surface area contributed by atoms with E-state index < -0.39 is 39.7 Å². The lowest BCUT2D eigenvalue weighted by molar-refractivity contribution is -0.147. The standard InChI is InChI=1S/C10H17NO7S/c1-17-9(12)6-8(10(13)14)11-19(15,16)7-2-4-18-5-3-7/h7-8,11H,2-6H2,1H3,(H,13,14)/t8-/m0/s1. The molecule has 19 heavy (non-hydrogen) atoms. The smallest absolute Gasteiger partial charge is 0.322 e. The maximum Gasteiger partial charge on any atom is 0.322 e. The highest BCUT2D eigenvalue weighted by Gasteiger charge is 2.33. The third-order valence-electron chi connectivity index (χ3n) is 2.81. The van der Waals surface area contributed by atoms with Gasteiger partial charge in [-0.05, 0) is 12.8 Å². The molecule has 110 valence electrons. The number of esters is 1. The van der Waals surface area contributed by atoms with E-state index in [1.165, 1.54) is 0 Å². The van der Waals surface area contributed by atoms with Gasteiger partial charge in [0.15, 0.2) is 0 Å². The average Bonchev–Trinajstić information content (AvgIpc) is 2.38. The van der Waals surface area contributed by atoms with Crippen LogP contribution in [0.4, 0.5) is 0 Å². The molecule has 1 rings (SSSR count). The first-order chi connectivity index (χ1) is 8.86. The minimum Gasteiger partial charge on any atom is -0.480 e. The molecule has 1 fully saturated rings. The van der Waals surface area contributed by atoms with Gasteiger partial charge in [0.05, 0.1) is 18.8 Å². The van der Waals surface area contributed by atoms with Gasteiger partial charge in [-0.25, -0.2) is 13.1 Å². The van der Waals surface area contributed by atoms with E-state index in [0.29, 0.717) is 26.1 Å². The van der Waals surface area contributed by atoms with Gasteiger partial charge < -0.3 is 14.6 Å². The molecule has 0 saturated carbocycles. The summed E-state index contributed by atoms with van der Waals surface area (Å²) in [6, 6.07) is -1.51. The number of aliphatic carboxylic acids is 1. The lowest BCUT2D eigenvalue weighted by atomic mass is 10.2. The molecule has 0 unspecified atom stereocenters. The Balaban J connectivity index is 2.71. The van der Waals surface area contributed by atoms with Crippen molar-refractivity contribution in [2.45, 2.75) is 30.6 Å². The first-order valence-electron chi connectivity index (χ1n) is 5.75. The quantitative estimate of drug-likeness (QED) is 0.609. The van der Waals surface area contributed by atoms with Crippen LogP contribution in [-0.4, -0.2) is 57.1 Å². The van der Waals surface area contributed by atoms with Crippen molar-refractivity contribution >= 4 is 22.0 Å². The van der Waals surface area contributed by atoms with E-state index in [-0.39, 0.29) is 0 Å². The Bertz CT molecular complexity index is 427. The largest absolute Gasteiger partial charge is 0.480 e. The van der Waals surface area contributed by atoms with Crippen molar-refractivity contribution in [2.24, 2.45) is 0 Å². The first kappa shape index (κ1) is 15.9. The van der Waals surface area contributed by atoms with Gasteiger partial charge in [0, 0.05) is 13.2 Å². The predicted octanol–water partition coefficient (Wildman–Crippen LogP) is -0.899. The Morgan fingerprint density at radius 3 is 2.47 bits per heavy atom. The molecular weight excluding hydrogens is 278 g/mol. The molecule has 0 aliphatic carbocycles. The zero-order valence-corrected chi connectivity index (χ0v) is 11.3. The van der Waals surface area contributed by atoms with E-state index in [4.69, 9.17) is 9.84 Å². The lowest BCUT2D eigenvalue weighted by Crippen LogP contribution is -2.47. The number of ether oxygens (including phenoxy) is 2. The van der Waals surface area contributed by atoms with Crippen molar-refractivity contribution in [3.05, 3.63) is 0 Å². The van der Waals surface area contributed by atoms with Crippen LogP contribution in [0.1, 0.15) is 19.3 Å². The fourth-order valence-electron chi connectivity index (χ4n) is 1.71. The number of carboxylic acid groups (broad SMARTS) is 1. The molecule has 8 nitrogen and oxygen atoms in total. The predicted molar refractivity (Wildman–Crippen MR) is 64.0 cm³/mol. The Labute approximate surface area is 111 Å². The first-order valence-corrected chi connectivity index (χ1v) is 7.30. The summed E-state index contributed by atoms with van der Waals surface area (Å²) < 4.78 is 35.4. The van der Waals surface area contributed by atoms with Gasteiger partial charge in [-0.15, -0.1) is 0 Å². The third kappa shape index (κ3) is 4.77. The number of rotatable bonds is 6. The Kier molecular flexibility index (Phi) is 5.70. The molecule has 0 aromatic rings. The maximum absolute atomic E-state index is 12.0. The van der Waals surface area contributed by atoms with Gasteiger partial charge in [0.25, 0.3) is 0 Å². The van der Waals surface area contributed by atoms with Crippen molar-refractivity contribution in [1.82, 2.24) is 4.72 Å². The van der Waals surface area contributed by atoms with E-state index in [0.717, 1.165) is 7.11 Å². The summed E-state index contributed by atoms with van der Waals surface area (Å²) in [6.45, 7) is 0.640. The van der Waals surface area contributed by atoms with Crippen molar-refractivity contribution in [3.8, 4) is 0 Å². The van der Waals surface area contributed by atoms with Crippen LogP contribution in [0, 0.1) is 0 Å². The van der Waals surface area contributed by atoms with E-state index in [1.807, 2.05) is 4.72 Å². The van der Waals surface area contributed by atoms with E-state index >= 15 is 0 Å². The second-order valence-electron chi connectivity index (χ2n) is 4.15. The summed E-state index contributed by atoms with van der Waals surface area (Å²) in [5.74, 6) is -2.21. The van der Waals surface area contributed by atoms with Crippen LogP contribution in [0.2, 0.25) is 0 Å². The molecule has 0 bridgehead atoms. The van der Waals surface area contributed by atoms with Gasteiger partial charge in [-0.2, -0.15) is 0 Å². The number of hydrogen-bond donors (Lipinski definition) is 2. The van der Waals surface area contributed by atoms with Gasteiger partial charge in [-0.1, -0.05) is 0 Å². The summed E-state index contributed by atoms with van der Waals surface area (Å²) in [5, 5.41) is 8.23. The molecule has 0 spiro atoms. The van der Waals surface area contributed by atoms with Crippen LogP contribution in [0.5, 0.6) is 0 Å². The zero-order chi connectivity index (χ0) is 14.5. The van der Waals surface area contributed by atoms with E-state index in [2.05, 4.69) is 4.74 Å². The normalized spacial score (nSPS) is 18.8. The molecule has 2 N–H and O–H groups in total. The van der Waals surface area contributed by atoms with Crippen LogP contribution in [0.25, 0.3) is 0 Å². The summed E-state index contributed by atoms with van der Waals surface area (Å²) in [5.41, 5.74) is 0. The second kappa shape index (κ2) is 6.83. The fraction of sp³-hybridized carbons (Fsp3) is 0.800. The van der Waals surface area contributed by atoms with Crippen LogP contribution in [0.3, 0.4) is 0 Å². The molecule has 1 aliphatic rings. The number of carbonyl (C=O) groups excluding carboxylic acids is 1. The fourth-order valence-corrected chi connectivity index (χ4v) is 3.30. The summed E-state index contributed by atoms with van der Waals surface area (Å²) in [4.78, 5) is 22.0. The molecule has 0 aromatic carbocycles. The molecule has 0 aromatic heterocycles. The molecule has 1 saturated heterocycles. The van der Waals surface area contributed by atoms with Crippen molar-refractivity contribution < 1.29 is 32.6 Å². The molecule has 1 heterocycles. The number of methoxy groups -OCH3 is 1. The molecule has 1 aliphatic heterocycles. The van der Waals surface area contributed by atoms with Gasteiger partial charge in [-0.3, -0.25) is 9.59 Å². The Hall–Kier alpha value is -1.19. The van der Waals surface area contributed by atoms with E-state index in [9.17, 15) is 18.0 Å². The number of carbonyl (C=O) groups is 2. The molecule has 0 amide bonds. The topological polar surface area (TPSA) is 119 Å². The third-order valence-corrected chi connectivity index (χ3v) is 4.77. The number of nitrogens with one attached hydrogen (secondary N) is 1. The average molecular weight is 295 g/mol.